The summed E-state index contributed by atoms with van der Waals surface area (Å²) < 4.78 is 11.0. The van der Waals surface area contributed by atoms with Crippen molar-refractivity contribution in [1.82, 2.24) is 5.43 Å². The standard InChI is InChI=1S/C26H25ClN4O5/c1-2-13-35-22-11-9-20(10-12-22)30-25(33)26(34)31-28-16-18-5-3-8-23(14-18)36-17-24(32)29-21-7-4-6-19(27)15-21/h3-12,14-16H,2,13,17H2,1H3,(H,29,32)(H,30,33)(H,31,34)/b28-16-. The number of hydrazone groups is 1. The predicted octanol–water partition coefficient (Wildman–Crippen LogP) is 4.24. The number of benzene rings is 3. The van der Waals surface area contributed by atoms with Crippen molar-refractivity contribution in [3.63, 3.8) is 0 Å². The van der Waals surface area contributed by atoms with E-state index >= 15 is 0 Å². The number of rotatable bonds is 10. The molecule has 3 aromatic carbocycles. The summed E-state index contributed by atoms with van der Waals surface area (Å²) in [5.74, 6) is -1.04. The van der Waals surface area contributed by atoms with Crippen LogP contribution in [0.3, 0.4) is 0 Å². The maximum atomic E-state index is 12.1. The highest BCUT2D eigenvalue weighted by molar-refractivity contribution is 6.39. The molecule has 3 amide bonds. The number of anilines is 2. The van der Waals surface area contributed by atoms with E-state index in [1.807, 2.05) is 6.92 Å². The van der Waals surface area contributed by atoms with Gasteiger partial charge in [0.1, 0.15) is 11.5 Å². The minimum absolute atomic E-state index is 0.213. The zero-order chi connectivity index (χ0) is 25.8. The smallest absolute Gasteiger partial charge is 0.329 e. The molecule has 0 aliphatic rings. The maximum absolute atomic E-state index is 12.1. The summed E-state index contributed by atoms with van der Waals surface area (Å²) in [6, 6.07) is 20.2. The normalized spacial score (nSPS) is 10.5. The number of amides is 3. The van der Waals surface area contributed by atoms with Gasteiger partial charge in [-0.3, -0.25) is 14.4 Å². The molecule has 0 aromatic heterocycles. The third kappa shape index (κ3) is 8.77. The summed E-state index contributed by atoms with van der Waals surface area (Å²) in [6.07, 6.45) is 2.24. The van der Waals surface area contributed by atoms with Crippen molar-refractivity contribution >= 4 is 46.9 Å². The average Bonchev–Trinajstić information content (AvgIpc) is 2.87. The van der Waals surface area contributed by atoms with Crippen LogP contribution in [-0.4, -0.2) is 37.1 Å². The fourth-order valence-electron chi connectivity index (χ4n) is 2.86. The number of hydrogen-bond acceptors (Lipinski definition) is 6. The van der Waals surface area contributed by atoms with Crippen LogP contribution in [0, 0.1) is 0 Å². The molecule has 3 rings (SSSR count). The Morgan fingerprint density at radius 1 is 0.861 bits per heavy atom. The molecule has 0 unspecified atom stereocenters. The predicted molar refractivity (Wildman–Crippen MR) is 139 cm³/mol. The van der Waals surface area contributed by atoms with Gasteiger partial charge in [0.2, 0.25) is 0 Å². The zero-order valence-electron chi connectivity index (χ0n) is 19.5. The largest absolute Gasteiger partial charge is 0.494 e. The van der Waals surface area contributed by atoms with Crippen LogP contribution in [0.1, 0.15) is 18.9 Å². The summed E-state index contributed by atoms with van der Waals surface area (Å²) in [4.78, 5) is 36.2. The number of carbonyl (C=O) groups is 3. The molecular formula is C26H25ClN4O5. The van der Waals surface area contributed by atoms with Crippen molar-refractivity contribution in [2.75, 3.05) is 23.8 Å². The quantitative estimate of drug-likeness (QED) is 0.215. The Balaban J connectivity index is 1.45. The Bertz CT molecular complexity index is 1230. The van der Waals surface area contributed by atoms with Gasteiger partial charge in [0.15, 0.2) is 6.61 Å². The van der Waals surface area contributed by atoms with Gasteiger partial charge in [-0.2, -0.15) is 5.10 Å². The topological polar surface area (TPSA) is 118 Å². The molecule has 0 spiro atoms. The molecular weight excluding hydrogens is 484 g/mol. The number of nitrogens with zero attached hydrogens (tertiary/aromatic N) is 1. The first-order valence-corrected chi connectivity index (χ1v) is 11.5. The molecule has 0 heterocycles. The maximum Gasteiger partial charge on any atom is 0.329 e. The van der Waals surface area contributed by atoms with Crippen molar-refractivity contribution in [3.8, 4) is 11.5 Å². The van der Waals surface area contributed by atoms with E-state index in [0.717, 1.165) is 6.42 Å². The van der Waals surface area contributed by atoms with Crippen molar-refractivity contribution in [3.05, 3.63) is 83.4 Å². The Labute approximate surface area is 213 Å². The summed E-state index contributed by atoms with van der Waals surface area (Å²) in [6.45, 7) is 2.39. The molecule has 0 bridgehead atoms. The number of nitrogens with one attached hydrogen (secondary N) is 3. The number of carbonyl (C=O) groups excluding carboxylic acids is 3. The van der Waals surface area contributed by atoms with Crippen LogP contribution < -0.4 is 25.5 Å². The summed E-state index contributed by atoms with van der Waals surface area (Å²) in [5.41, 5.74) is 3.77. The Kier molecular flexibility index (Phi) is 9.84. The molecule has 0 saturated heterocycles. The van der Waals surface area contributed by atoms with Gasteiger partial charge in [-0.15, -0.1) is 0 Å². The summed E-state index contributed by atoms with van der Waals surface area (Å²) in [5, 5.41) is 9.48. The van der Waals surface area contributed by atoms with Crippen LogP contribution >= 0.6 is 11.6 Å². The third-order valence-corrected chi connectivity index (χ3v) is 4.74. The summed E-state index contributed by atoms with van der Waals surface area (Å²) >= 11 is 5.91. The number of ether oxygens (including phenoxy) is 2. The van der Waals surface area contributed by atoms with Crippen molar-refractivity contribution in [1.29, 1.82) is 0 Å². The lowest BCUT2D eigenvalue weighted by Gasteiger charge is -2.08. The summed E-state index contributed by atoms with van der Waals surface area (Å²) in [7, 11) is 0. The van der Waals surface area contributed by atoms with Gasteiger partial charge in [-0.25, -0.2) is 5.43 Å². The zero-order valence-corrected chi connectivity index (χ0v) is 20.2. The van der Waals surface area contributed by atoms with E-state index in [9.17, 15) is 14.4 Å². The van der Waals surface area contributed by atoms with Crippen LogP contribution in [0.2, 0.25) is 5.02 Å². The van der Waals surface area contributed by atoms with E-state index in [0.29, 0.717) is 40.1 Å². The molecule has 0 aliphatic carbocycles. The van der Waals surface area contributed by atoms with Crippen LogP contribution in [0.5, 0.6) is 11.5 Å². The fourth-order valence-corrected chi connectivity index (χ4v) is 3.05. The monoisotopic (exact) mass is 508 g/mol. The van der Waals surface area contributed by atoms with Gasteiger partial charge in [0, 0.05) is 16.4 Å². The van der Waals surface area contributed by atoms with Gasteiger partial charge >= 0.3 is 11.8 Å². The minimum atomic E-state index is -0.928. The SMILES string of the molecule is CCCOc1ccc(NC(=O)C(=O)N/N=C\c2cccc(OCC(=O)Nc3cccc(Cl)c3)c2)cc1. The minimum Gasteiger partial charge on any atom is -0.494 e. The van der Waals surface area contributed by atoms with Gasteiger partial charge in [0.25, 0.3) is 5.91 Å². The Morgan fingerprint density at radius 3 is 2.39 bits per heavy atom. The highest BCUT2D eigenvalue weighted by Gasteiger charge is 2.13. The van der Waals surface area contributed by atoms with Crippen molar-refractivity contribution in [2.24, 2.45) is 5.10 Å². The molecule has 36 heavy (non-hydrogen) atoms. The molecule has 0 saturated carbocycles. The van der Waals surface area contributed by atoms with Gasteiger partial charge in [-0.1, -0.05) is 36.7 Å². The molecule has 3 N–H and O–H groups in total. The molecule has 0 atom stereocenters. The van der Waals surface area contributed by atoms with Crippen LogP contribution in [-0.2, 0) is 14.4 Å². The van der Waals surface area contributed by atoms with Crippen LogP contribution in [0.4, 0.5) is 11.4 Å². The second-order valence-corrected chi connectivity index (χ2v) is 7.88. The highest BCUT2D eigenvalue weighted by atomic mass is 35.5. The molecule has 186 valence electrons. The molecule has 0 radical (unpaired) electrons. The first kappa shape index (κ1) is 26.2. The van der Waals surface area contributed by atoms with E-state index in [1.54, 1.807) is 72.8 Å². The fraction of sp³-hybridized carbons (Fsp3) is 0.154. The number of halogens is 1. The lowest BCUT2D eigenvalue weighted by atomic mass is 10.2. The van der Waals surface area contributed by atoms with E-state index in [-0.39, 0.29) is 12.5 Å². The molecule has 0 aliphatic heterocycles. The second kappa shape index (κ2) is 13.5. The Morgan fingerprint density at radius 2 is 1.64 bits per heavy atom. The highest BCUT2D eigenvalue weighted by Crippen LogP contribution is 2.17. The first-order chi connectivity index (χ1) is 17.4. The molecule has 10 heteroatoms. The van der Waals surface area contributed by atoms with Crippen molar-refractivity contribution < 1.29 is 23.9 Å². The van der Waals surface area contributed by atoms with Gasteiger partial charge in [-0.05, 0) is 66.6 Å². The second-order valence-electron chi connectivity index (χ2n) is 7.45. The first-order valence-electron chi connectivity index (χ1n) is 11.1. The number of hydrogen-bond donors (Lipinski definition) is 3. The molecule has 0 fully saturated rings. The van der Waals surface area contributed by atoms with Crippen LogP contribution in [0.25, 0.3) is 0 Å². The van der Waals surface area contributed by atoms with E-state index in [2.05, 4.69) is 21.2 Å². The molecule has 9 nitrogen and oxygen atoms in total. The van der Waals surface area contributed by atoms with Crippen LogP contribution in [0.15, 0.2) is 77.9 Å². The molecule has 3 aromatic rings. The van der Waals surface area contributed by atoms with E-state index in [1.165, 1.54) is 6.21 Å². The average molecular weight is 509 g/mol. The third-order valence-electron chi connectivity index (χ3n) is 4.51. The van der Waals surface area contributed by atoms with Gasteiger partial charge < -0.3 is 20.1 Å². The Hall–Kier alpha value is -4.37. The van der Waals surface area contributed by atoms with Crippen molar-refractivity contribution in [2.45, 2.75) is 13.3 Å². The van der Waals surface area contributed by atoms with Gasteiger partial charge in [0.05, 0.1) is 12.8 Å². The lowest BCUT2D eigenvalue weighted by molar-refractivity contribution is -0.136. The lowest BCUT2D eigenvalue weighted by Crippen LogP contribution is -2.32. The van der Waals surface area contributed by atoms with E-state index in [4.69, 9.17) is 21.1 Å². The van der Waals surface area contributed by atoms with E-state index < -0.39 is 11.8 Å².